The third-order valence-electron chi connectivity index (χ3n) is 7.64. The highest BCUT2D eigenvalue weighted by Crippen LogP contribution is 2.61. The van der Waals surface area contributed by atoms with Crippen LogP contribution in [0.4, 0.5) is 4.39 Å². The number of thioether (sulfide) groups is 1. The normalized spacial score (nSPS) is 38.0. The lowest BCUT2D eigenvalue weighted by Gasteiger charge is -2.57. The van der Waals surface area contributed by atoms with Gasteiger partial charge in [0, 0.05) is 36.1 Å². The maximum absolute atomic E-state index is 14.2. The highest BCUT2D eigenvalue weighted by atomic mass is 32.2. The number of rotatable bonds is 3. The van der Waals surface area contributed by atoms with Gasteiger partial charge < -0.3 is 4.90 Å². The van der Waals surface area contributed by atoms with Crippen LogP contribution in [0.3, 0.4) is 0 Å². The molecule has 0 spiro atoms. The van der Waals surface area contributed by atoms with Gasteiger partial charge in [0.2, 0.25) is 5.91 Å². The fourth-order valence-electron chi connectivity index (χ4n) is 6.94. The van der Waals surface area contributed by atoms with E-state index in [9.17, 15) is 9.18 Å². The van der Waals surface area contributed by atoms with Crippen LogP contribution in [0, 0.1) is 29.0 Å². The van der Waals surface area contributed by atoms with Crippen LogP contribution >= 0.6 is 11.8 Å². The van der Waals surface area contributed by atoms with Crippen LogP contribution in [0.25, 0.3) is 0 Å². The summed E-state index contributed by atoms with van der Waals surface area (Å²) in [5.74, 6) is 3.86. The number of nitrogens with zero attached hydrogens (tertiary/aromatic N) is 1. The maximum atomic E-state index is 14.2. The molecule has 1 heterocycles. The van der Waals surface area contributed by atoms with Crippen molar-refractivity contribution >= 4 is 17.7 Å². The van der Waals surface area contributed by atoms with Crippen molar-refractivity contribution in [3.63, 3.8) is 0 Å². The van der Waals surface area contributed by atoms with Gasteiger partial charge in [0.05, 0.1) is 0 Å². The first-order valence-electron chi connectivity index (χ1n) is 10.7. The predicted octanol–water partition coefficient (Wildman–Crippen LogP) is 5.44. The molecule has 1 atom stereocenters. The van der Waals surface area contributed by atoms with Gasteiger partial charge in [-0.3, -0.25) is 4.79 Å². The van der Waals surface area contributed by atoms with Crippen LogP contribution in [-0.2, 0) is 4.79 Å². The zero-order valence-electron chi connectivity index (χ0n) is 16.0. The number of carbonyl (C=O) groups is 1. The van der Waals surface area contributed by atoms with E-state index in [4.69, 9.17) is 0 Å². The van der Waals surface area contributed by atoms with Crippen molar-refractivity contribution in [1.82, 2.24) is 4.90 Å². The van der Waals surface area contributed by atoms with Gasteiger partial charge in [-0.1, -0.05) is 18.2 Å². The summed E-state index contributed by atoms with van der Waals surface area (Å²) in [5, 5.41) is 0.170. The van der Waals surface area contributed by atoms with Crippen LogP contribution < -0.4 is 0 Å². The Morgan fingerprint density at radius 3 is 2.41 bits per heavy atom. The Morgan fingerprint density at radius 2 is 1.74 bits per heavy atom. The molecule has 1 aliphatic heterocycles. The monoisotopic (exact) mass is 387 g/mol. The molecule has 1 saturated heterocycles. The summed E-state index contributed by atoms with van der Waals surface area (Å²) in [6.07, 6.45) is 9.81. The standard InChI is InChI=1S/C23H30FNOS/c24-20-4-2-1-3-19(20)21-5-6-25(7-8-27-21)22(26)15-23-12-16-9-17(13-23)11-18(10-16)14-23/h1-4,16-18,21H,5-15H2. The van der Waals surface area contributed by atoms with Crippen LogP contribution in [0.15, 0.2) is 24.3 Å². The van der Waals surface area contributed by atoms with Crippen molar-refractivity contribution in [2.45, 2.75) is 56.6 Å². The van der Waals surface area contributed by atoms with Crippen LogP contribution in [0.5, 0.6) is 0 Å². The van der Waals surface area contributed by atoms with Crippen LogP contribution in [-0.4, -0.2) is 29.6 Å². The minimum absolute atomic E-state index is 0.108. The van der Waals surface area contributed by atoms with Crippen LogP contribution in [0.2, 0.25) is 0 Å². The first-order chi connectivity index (χ1) is 13.1. The van der Waals surface area contributed by atoms with Gasteiger partial charge >= 0.3 is 0 Å². The Hall–Kier alpha value is -1.03. The number of benzene rings is 1. The molecule has 1 unspecified atom stereocenters. The maximum Gasteiger partial charge on any atom is 0.223 e. The molecular formula is C23H30FNOS. The van der Waals surface area contributed by atoms with Crippen molar-refractivity contribution in [2.75, 3.05) is 18.8 Å². The van der Waals surface area contributed by atoms with E-state index in [1.807, 2.05) is 23.9 Å². The van der Waals surface area contributed by atoms with Crippen molar-refractivity contribution < 1.29 is 9.18 Å². The molecule has 0 radical (unpaired) electrons. The Bertz CT molecular complexity index is 685. The number of hydrogen-bond donors (Lipinski definition) is 0. The summed E-state index contributed by atoms with van der Waals surface area (Å²) in [4.78, 5) is 15.3. The molecule has 5 fully saturated rings. The number of carbonyl (C=O) groups excluding carboxylic acids is 1. The minimum Gasteiger partial charge on any atom is -0.342 e. The predicted molar refractivity (Wildman–Crippen MR) is 108 cm³/mol. The summed E-state index contributed by atoms with van der Waals surface area (Å²) < 4.78 is 14.2. The van der Waals surface area contributed by atoms with Crippen molar-refractivity contribution in [3.8, 4) is 0 Å². The molecule has 4 bridgehead atoms. The van der Waals surface area contributed by atoms with Gasteiger partial charge in [0.1, 0.15) is 5.82 Å². The molecule has 6 rings (SSSR count). The molecule has 0 aromatic heterocycles. The molecule has 2 nitrogen and oxygen atoms in total. The second-order valence-corrected chi connectivity index (χ2v) is 11.0. The average molecular weight is 388 g/mol. The van der Waals surface area contributed by atoms with Crippen LogP contribution in [0.1, 0.15) is 62.2 Å². The topological polar surface area (TPSA) is 20.3 Å². The third-order valence-corrected chi connectivity index (χ3v) is 8.95. The molecule has 27 heavy (non-hydrogen) atoms. The average Bonchev–Trinajstić information content (AvgIpc) is 2.87. The van der Waals surface area contributed by atoms with E-state index in [-0.39, 0.29) is 11.1 Å². The highest BCUT2D eigenvalue weighted by molar-refractivity contribution is 7.99. The molecule has 4 heteroatoms. The Labute approximate surface area is 166 Å². The third kappa shape index (κ3) is 3.54. The van der Waals surface area contributed by atoms with Gasteiger partial charge in [0.25, 0.3) is 0 Å². The lowest BCUT2D eigenvalue weighted by molar-refractivity contribution is -0.139. The second kappa shape index (κ2) is 7.09. The molecule has 146 valence electrons. The number of amides is 1. The summed E-state index contributed by atoms with van der Waals surface area (Å²) >= 11 is 1.81. The largest absolute Gasteiger partial charge is 0.342 e. The number of halogens is 1. The van der Waals surface area contributed by atoms with Gasteiger partial charge in [0.15, 0.2) is 0 Å². The second-order valence-electron chi connectivity index (χ2n) is 9.64. The SMILES string of the molecule is O=C(CC12CC3CC(CC(C3)C1)C2)N1CCSC(c2ccccc2F)CC1. The van der Waals surface area contributed by atoms with Crippen molar-refractivity contribution in [1.29, 1.82) is 0 Å². The molecular weight excluding hydrogens is 357 g/mol. The minimum atomic E-state index is -0.108. The first kappa shape index (κ1) is 18.0. The van der Waals surface area contributed by atoms with Crippen molar-refractivity contribution in [2.24, 2.45) is 23.2 Å². The number of hydrogen-bond acceptors (Lipinski definition) is 2. The molecule has 0 N–H and O–H groups in total. The van der Waals surface area contributed by atoms with E-state index in [0.717, 1.165) is 55.0 Å². The molecule has 4 saturated carbocycles. The van der Waals surface area contributed by atoms with E-state index in [2.05, 4.69) is 4.90 Å². The van der Waals surface area contributed by atoms with Gasteiger partial charge in [-0.2, -0.15) is 11.8 Å². The van der Waals surface area contributed by atoms with Gasteiger partial charge in [-0.25, -0.2) is 4.39 Å². The summed E-state index contributed by atoms with van der Waals surface area (Å²) in [5.41, 5.74) is 1.12. The van der Waals surface area contributed by atoms with Crippen molar-refractivity contribution in [3.05, 3.63) is 35.6 Å². The highest BCUT2D eigenvalue weighted by Gasteiger charge is 2.51. The fraction of sp³-hybridized carbons (Fsp3) is 0.696. The Balaban J connectivity index is 1.23. The van der Waals surface area contributed by atoms with E-state index >= 15 is 0 Å². The zero-order chi connectivity index (χ0) is 18.4. The Morgan fingerprint density at radius 1 is 1.07 bits per heavy atom. The summed E-state index contributed by atoms with van der Waals surface area (Å²) in [7, 11) is 0. The zero-order valence-corrected chi connectivity index (χ0v) is 16.9. The summed E-state index contributed by atoms with van der Waals surface area (Å²) in [6.45, 7) is 1.60. The Kier molecular flexibility index (Phi) is 4.74. The molecule has 4 aliphatic carbocycles. The lowest BCUT2D eigenvalue weighted by atomic mass is 9.49. The lowest BCUT2D eigenvalue weighted by Crippen LogP contribution is -2.48. The van der Waals surface area contributed by atoms with Gasteiger partial charge in [-0.05, 0) is 74.2 Å². The van der Waals surface area contributed by atoms with E-state index in [0.29, 0.717) is 11.3 Å². The molecule has 1 aromatic rings. The summed E-state index contributed by atoms with van der Waals surface area (Å²) in [6, 6.07) is 7.12. The van der Waals surface area contributed by atoms with E-state index in [1.165, 1.54) is 38.5 Å². The van der Waals surface area contributed by atoms with E-state index < -0.39 is 0 Å². The quantitative estimate of drug-likeness (QED) is 0.688. The molecule has 1 aromatic carbocycles. The van der Waals surface area contributed by atoms with Gasteiger partial charge in [-0.15, -0.1) is 0 Å². The molecule has 5 aliphatic rings. The molecule has 1 amide bonds. The fourth-order valence-corrected chi connectivity index (χ4v) is 8.20. The van der Waals surface area contributed by atoms with E-state index in [1.54, 1.807) is 12.1 Å². The first-order valence-corrected chi connectivity index (χ1v) is 11.8. The smallest absolute Gasteiger partial charge is 0.223 e.